The number of benzene rings is 2. The highest BCUT2D eigenvalue weighted by atomic mass is 16.2. The van der Waals surface area contributed by atoms with Crippen molar-refractivity contribution in [2.24, 2.45) is 0 Å². The van der Waals surface area contributed by atoms with Gasteiger partial charge < -0.3 is 20.2 Å². The summed E-state index contributed by atoms with van der Waals surface area (Å²) in [5.41, 5.74) is 6.00. The smallest absolute Gasteiger partial charge is 0.268 e. The summed E-state index contributed by atoms with van der Waals surface area (Å²) in [4.78, 5) is 39.5. The number of ketones is 1. The molecule has 5 rings (SSSR count). The summed E-state index contributed by atoms with van der Waals surface area (Å²) in [6.45, 7) is 7.64. The van der Waals surface area contributed by atoms with Gasteiger partial charge in [0.15, 0.2) is 5.78 Å². The zero-order valence-corrected chi connectivity index (χ0v) is 20.3. The monoisotopic (exact) mass is 469 g/mol. The van der Waals surface area contributed by atoms with Crippen molar-refractivity contribution in [1.29, 1.82) is 0 Å². The van der Waals surface area contributed by atoms with Crippen LogP contribution in [0.25, 0.3) is 22.4 Å². The number of carbonyl (C=O) groups excluding carboxylic acids is 2. The van der Waals surface area contributed by atoms with Gasteiger partial charge >= 0.3 is 0 Å². The molecule has 0 spiro atoms. The molecular formula is C28H31N5O2. The van der Waals surface area contributed by atoms with Crippen LogP contribution in [0, 0.1) is 13.8 Å². The maximum atomic E-state index is 12.9. The summed E-state index contributed by atoms with van der Waals surface area (Å²) in [5, 5.41) is 3.06. The van der Waals surface area contributed by atoms with E-state index in [1.807, 2.05) is 62.4 Å². The van der Waals surface area contributed by atoms with Crippen LogP contribution in [-0.4, -0.2) is 57.7 Å². The van der Waals surface area contributed by atoms with Gasteiger partial charge in [0.2, 0.25) is 0 Å². The lowest BCUT2D eigenvalue weighted by Gasteiger charge is -2.26. The van der Waals surface area contributed by atoms with Crippen LogP contribution in [0.4, 0.5) is 0 Å². The number of aryl methyl sites for hydroxylation is 1. The number of hydrogen-bond donors (Lipinski definition) is 3. The van der Waals surface area contributed by atoms with Gasteiger partial charge in [0.05, 0.1) is 11.0 Å². The topological polar surface area (TPSA) is 93.9 Å². The zero-order valence-electron chi connectivity index (χ0n) is 20.3. The van der Waals surface area contributed by atoms with Crippen LogP contribution in [-0.2, 0) is 0 Å². The van der Waals surface area contributed by atoms with Gasteiger partial charge in [0.25, 0.3) is 5.91 Å². The number of piperidine rings is 1. The highest BCUT2D eigenvalue weighted by molar-refractivity contribution is 6.10. The Hall–Kier alpha value is -3.71. The number of nitrogens with one attached hydrogen (secondary N) is 3. The Morgan fingerprint density at radius 1 is 0.971 bits per heavy atom. The summed E-state index contributed by atoms with van der Waals surface area (Å²) in [6, 6.07) is 14.8. The summed E-state index contributed by atoms with van der Waals surface area (Å²) < 4.78 is 0. The summed E-state index contributed by atoms with van der Waals surface area (Å²) in [6.07, 6.45) is 3.79. The average molecular weight is 470 g/mol. The van der Waals surface area contributed by atoms with E-state index < -0.39 is 0 Å². The molecule has 35 heavy (non-hydrogen) atoms. The molecule has 1 amide bonds. The molecule has 7 nitrogen and oxygen atoms in total. The molecule has 4 aromatic rings. The number of aromatic nitrogens is 3. The van der Waals surface area contributed by atoms with Crippen LogP contribution in [0.5, 0.6) is 0 Å². The zero-order chi connectivity index (χ0) is 24.4. The van der Waals surface area contributed by atoms with Crippen molar-refractivity contribution in [3.63, 3.8) is 0 Å². The molecule has 180 valence electrons. The third-order valence-electron chi connectivity index (χ3n) is 6.84. The summed E-state index contributed by atoms with van der Waals surface area (Å²) >= 11 is 0. The molecule has 7 heteroatoms. The second-order valence-corrected chi connectivity index (χ2v) is 9.30. The Kier molecular flexibility index (Phi) is 6.51. The highest BCUT2D eigenvalue weighted by Gasteiger charge is 2.21. The van der Waals surface area contributed by atoms with Crippen molar-refractivity contribution in [3.05, 3.63) is 76.6 Å². The molecule has 1 fully saturated rings. The van der Waals surface area contributed by atoms with E-state index in [9.17, 15) is 9.59 Å². The third kappa shape index (κ3) is 4.77. The molecule has 1 aliphatic heterocycles. The Labute approximate surface area is 205 Å². The molecule has 0 atom stereocenters. The normalized spacial score (nSPS) is 14.3. The molecule has 2 aromatic carbocycles. The van der Waals surface area contributed by atoms with E-state index in [4.69, 9.17) is 4.98 Å². The van der Waals surface area contributed by atoms with Crippen molar-refractivity contribution in [2.45, 2.75) is 33.1 Å². The van der Waals surface area contributed by atoms with Gasteiger partial charge in [-0.3, -0.25) is 9.59 Å². The molecule has 0 unspecified atom stereocenters. The van der Waals surface area contributed by atoms with E-state index in [1.54, 1.807) is 0 Å². The van der Waals surface area contributed by atoms with Crippen LogP contribution >= 0.6 is 0 Å². The van der Waals surface area contributed by atoms with E-state index in [0.29, 0.717) is 34.7 Å². The Bertz CT molecular complexity index is 1360. The fraction of sp³-hybridized carbons (Fsp3) is 0.321. The molecule has 0 radical (unpaired) electrons. The number of H-pyrrole nitrogens is 2. The standard InChI is InChI=1S/C28H31N5O2/c1-18-24(19(2)30-25(18)28(35)29-13-16-33-14-7-4-8-15-33)27-31-22-12-11-21(17-23(22)32-27)26(34)20-9-5-3-6-10-20/h3,5-6,9-12,17,30H,4,7-8,13-16H2,1-2H3,(H,29,35)(H,31,32). The van der Waals surface area contributed by atoms with Crippen molar-refractivity contribution >= 4 is 22.7 Å². The number of amides is 1. The lowest BCUT2D eigenvalue weighted by atomic mass is 10.0. The van der Waals surface area contributed by atoms with Crippen LogP contribution < -0.4 is 5.32 Å². The highest BCUT2D eigenvalue weighted by Crippen LogP contribution is 2.29. The maximum absolute atomic E-state index is 12.9. The number of fused-ring (bicyclic) bond motifs is 1. The van der Waals surface area contributed by atoms with Gasteiger partial charge in [-0.2, -0.15) is 0 Å². The first kappa shape index (κ1) is 23.1. The second-order valence-electron chi connectivity index (χ2n) is 9.30. The van der Waals surface area contributed by atoms with E-state index in [0.717, 1.165) is 42.0 Å². The van der Waals surface area contributed by atoms with Crippen LogP contribution in [0.3, 0.4) is 0 Å². The minimum absolute atomic E-state index is 0.0328. The van der Waals surface area contributed by atoms with Gasteiger partial charge in [0.1, 0.15) is 11.5 Å². The number of nitrogens with zero attached hydrogens (tertiary/aromatic N) is 2. The van der Waals surface area contributed by atoms with Crippen LogP contribution in [0.2, 0.25) is 0 Å². The molecule has 0 aliphatic carbocycles. The molecular weight excluding hydrogens is 438 g/mol. The predicted molar refractivity (Wildman–Crippen MR) is 138 cm³/mol. The number of rotatable bonds is 7. The first-order valence-electron chi connectivity index (χ1n) is 12.3. The minimum Gasteiger partial charge on any atom is -0.354 e. The van der Waals surface area contributed by atoms with E-state index in [1.165, 1.54) is 19.3 Å². The number of carbonyl (C=O) groups is 2. The number of imidazole rings is 1. The van der Waals surface area contributed by atoms with Gasteiger partial charge in [-0.25, -0.2) is 4.98 Å². The Morgan fingerprint density at radius 3 is 2.51 bits per heavy atom. The second kappa shape index (κ2) is 9.88. The minimum atomic E-state index is -0.0966. The Balaban J connectivity index is 1.35. The predicted octanol–water partition coefficient (Wildman–Crippen LogP) is 4.62. The molecule has 3 N–H and O–H groups in total. The van der Waals surface area contributed by atoms with Crippen molar-refractivity contribution in [3.8, 4) is 11.4 Å². The molecule has 0 bridgehead atoms. The fourth-order valence-corrected chi connectivity index (χ4v) is 4.95. The lowest BCUT2D eigenvalue weighted by Crippen LogP contribution is -2.37. The van der Waals surface area contributed by atoms with Crippen molar-refractivity contribution < 1.29 is 9.59 Å². The summed E-state index contributed by atoms with van der Waals surface area (Å²) in [5.74, 6) is 0.554. The van der Waals surface area contributed by atoms with Crippen LogP contribution in [0.1, 0.15) is 56.9 Å². The van der Waals surface area contributed by atoms with Crippen molar-refractivity contribution in [2.75, 3.05) is 26.2 Å². The number of aromatic amines is 2. The van der Waals surface area contributed by atoms with Crippen molar-refractivity contribution in [1.82, 2.24) is 25.2 Å². The Morgan fingerprint density at radius 2 is 1.74 bits per heavy atom. The largest absolute Gasteiger partial charge is 0.354 e. The average Bonchev–Trinajstić information content (AvgIpc) is 3.43. The lowest BCUT2D eigenvalue weighted by molar-refractivity contribution is 0.0941. The molecule has 2 aromatic heterocycles. The molecule has 1 saturated heterocycles. The maximum Gasteiger partial charge on any atom is 0.268 e. The van der Waals surface area contributed by atoms with Crippen LogP contribution in [0.15, 0.2) is 48.5 Å². The van der Waals surface area contributed by atoms with Gasteiger partial charge in [-0.05, 0) is 63.5 Å². The van der Waals surface area contributed by atoms with Gasteiger partial charge in [0, 0.05) is 35.5 Å². The SMILES string of the molecule is Cc1[nH]c(C(=O)NCCN2CCCCC2)c(C)c1-c1nc2cc(C(=O)c3ccccc3)ccc2[nH]1. The number of hydrogen-bond acceptors (Lipinski definition) is 4. The third-order valence-corrected chi connectivity index (χ3v) is 6.84. The van der Waals surface area contributed by atoms with E-state index >= 15 is 0 Å². The first-order chi connectivity index (χ1) is 17.0. The molecule has 0 saturated carbocycles. The van der Waals surface area contributed by atoms with Gasteiger partial charge in [-0.15, -0.1) is 0 Å². The fourth-order valence-electron chi connectivity index (χ4n) is 4.95. The van der Waals surface area contributed by atoms with E-state index in [2.05, 4.69) is 20.2 Å². The van der Waals surface area contributed by atoms with Gasteiger partial charge in [-0.1, -0.05) is 36.8 Å². The quantitative estimate of drug-likeness (QED) is 0.344. The molecule has 1 aliphatic rings. The first-order valence-corrected chi connectivity index (χ1v) is 12.3. The summed E-state index contributed by atoms with van der Waals surface area (Å²) in [7, 11) is 0. The van der Waals surface area contributed by atoms with E-state index in [-0.39, 0.29) is 11.7 Å². The molecule has 3 heterocycles. The number of likely N-dealkylation sites (tertiary alicyclic amines) is 1.